The van der Waals surface area contributed by atoms with Gasteiger partial charge in [-0.3, -0.25) is 0 Å². The molecule has 8 aromatic rings. The molecule has 6 aromatic carbocycles. The Hall–Kier alpha value is -5.08. The molecule has 0 fully saturated rings. The molecule has 0 saturated heterocycles. The van der Waals surface area contributed by atoms with E-state index in [1.54, 1.807) is 0 Å². The van der Waals surface area contributed by atoms with Gasteiger partial charge in [0, 0.05) is 57.7 Å². The maximum absolute atomic E-state index is 2.38. The summed E-state index contributed by atoms with van der Waals surface area (Å²) in [6.45, 7) is 4.27. The molecule has 0 N–H and O–H groups in total. The second kappa shape index (κ2) is 9.22. The van der Waals surface area contributed by atoms with Gasteiger partial charge in [-0.25, -0.2) is 0 Å². The number of aromatic nitrogens is 2. The van der Waals surface area contributed by atoms with E-state index in [0.29, 0.717) is 0 Å². The van der Waals surface area contributed by atoms with Crippen LogP contribution in [0, 0.1) is 13.8 Å². The third-order valence-corrected chi connectivity index (χ3v) is 9.12. The molecule has 2 heterocycles. The summed E-state index contributed by atoms with van der Waals surface area (Å²) in [5.74, 6) is 0. The van der Waals surface area contributed by atoms with Crippen LogP contribution in [-0.4, -0.2) is 9.13 Å². The fourth-order valence-electron chi connectivity index (χ4n) is 6.65. The summed E-state index contributed by atoms with van der Waals surface area (Å²) in [6.07, 6.45) is 0. The molecular formula is C40H32N2. The molecule has 42 heavy (non-hydrogen) atoms. The Labute approximate surface area is 246 Å². The van der Waals surface area contributed by atoms with Crippen LogP contribution in [0.5, 0.6) is 0 Å². The summed E-state index contributed by atoms with van der Waals surface area (Å²) in [6, 6.07) is 45.2. The normalized spacial score (nSPS) is 11.8. The van der Waals surface area contributed by atoms with E-state index in [2.05, 4.69) is 158 Å². The van der Waals surface area contributed by atoms with Gasteiger partial charge >= 0.3 is 0 Å². The molecule has 202 valence electrons. The molecule has 0 unspecified atom stereocenters. The predicted molar refractivity (Wildman–Crippen MR) is 180 cm³/mol. The number of rotatable bonds is 3. The molecular weight excluding hydrogens is 508 g/mol. The first kappa shape index (κ1) is 24.7. The first-order chi connectivity index (χ1) is 20.4. The summed E-state index contributed by atoms with van der Waals surface area (Å²) in [7, 11) is 4.34. The zero-order valence-electron chi connectivity index (χ0n) is 24.4. The number of aryl methyl sites for hydroxylation is 4. The molecule has 0 bridgehead atoms. The van der Waals surface area contributed by atoms with Gasteiger partial charge in [0.1, 0.15) is 0 Å². The topological polar surface area (TPSA) is 9.86 Å². The maximum Gasteiger partial charge on any atom is 0.0489 e. The second-order valence-corrected chi connectivity index (χ2v) is 11.8. The molecule has 0 amide bonds. The molecule has 8 rings (SSSR count). The second-order valence-electron chi connectivity index (χ2n) is 11.8. The van der Waals surface area contributed by atoms with E-state index in [-0.39, 0.29) is 0 Å². The van der Waals surface area contributed by atoms with Crippen molar-refractivity contribution in [1.82, 2.24) is 9.13 Å². The molecule has 2 nitrogen and oxygen atoms in total. The predicted octanol–water partition coefficient (Wildman–Crippen LogP) is 10.6. The number of hydrogen-bond acceptors (Lipinski definition) is 0. The number of fused-ring (bicyclic) bond motifs is 6. The Bertz CT molecular complexity index is 2140. The molecule has 0 spiro atoms. The Morgan fingerprint density at radius 3 is 0.833 bits per heavy atom. The lowest BCUT2D eigenvalue weighted by molar-refractivity contribution is 1.01. The van der Waals surface area contributed by atoms with Gasteiger partial charge in [0.2, 0.25) is 0 Å². The van der Waals surface area contributed by atoms with Gasteiger partial charge in [0.05, 0.1) is 0 Å². The van der Waals surface area contributed by atoms with Crippen molar-refractivity contribution in [1.29, 1.82) is 0 Å². The minimum atomic E-state index is 1.24. The van der Waals surface area contributed by atoms with E-state index in [0.717, 1.165) is 0 Å². The fraction of sp³-hybridized carbons (Fsp3) is 0.100. The van der Waals surface area contributed by atoms with Gasteiger partial charge in [-0.1, -0.05) is 83.9 Å². The summed E-state index contributed by atoms with van der Waals surface area (Å²) >= 11 is 0. The van der Waals surface area contributed by atoms with Crippen LogP contribution in [-0.2, 0) is 14.1 Å². The Morgan fingerprint density at radius 2 is 0.548 bits per heavy atom. The summed E-state index contributed by atoms with van der Waals surface area (Å²) in [4.78, 5) is 0. The van der Waals surface area contributed by atoms with E-state index in [1.165, 1.54) is 88.1 Å². The van der Waals surface area contributed by atoms with E-state index < -0.39 is 0 Å². The summed E-state index contributed by atoms with van der Waals surface area (Å²) in [5.41, 5.74) is 15.1. The van der Waals surface area contributed by atoms with Crippen molar-refractivity contribution in [2.75, 3.05) is 0 Å². The molecule has 2 heteroatoms. The average molecular weight is 541 g/mol. The van der Waals surface area contributed by atoms with Crippen molar-refractivity contribution in [3.8, 4) is 33.4 Å². The highest BCUT2D eigenvalue weighted by atomic mass is 14.9. The SMILES string of the molecule is Cc1ccc(-c2ccc3c(c2)c2cc(-c4ccc5c(c4)c4cc(-c6ccc(C)cc6)ccc4n5C)ccc2n3C)cc1. The molecule has 0 atom stereocenters. The molecule has 0 aliphatic carbocycles. The highest BCUT2D eigenvalue weighted by Crippen LogP contribution is 2.38. The van der Waals surface area contributed by atoms with Gasteiger partial charge in [-0.05, 0) is 95.8 Å². The van der Waals surface area contributed by atoms with Gasteiger partial charge in [-0.2, -0.15) is 0 Å². The maximum atomic E-state index is 2.38. The van der Waals surface area contributed by atoms with E-state index in [1.807, 2.05) is 0 Å². The first-order valence-corrected chi connectivity index (χ1v) is 14.6. The quantitative estimate of drug-likeness (QED) is 0.211. The number of hydrogen-bond donors (Lipinski definition) is 0. The van der Waals surface area contributed by atoms with Crippen molar-refractivity contribution in [2.24, 2.45) is 14.1 Å². The van der Waals surface area contributed by atoms with Crippen molar-refractivity contribution >= 4 is 43.6 Å². The van der Waals surface area contributed by atoms with Crippen molar-refractivity contribution in [3.63, 3.8) is 0 Å². The Morgan fingerprint density at radius 1 is 0.310 bits per heavy atom. The minimum absolute atomic E-state index is 1.24. The highest BCUT2D eigenvalue weighted by molar-refractivity contribution is 6.12. The van der Waals surface area contributed by atoms with Crippen LogP contribution in [0.1, 0.15) is 11.1 Å². The number of nitrogens with zero attached hydrogens (tertiary/aromatic N) is 2. The first-order valence-electron chi connectivity index (χ1n) is 14.6. The van der Waals surface area contributed by atoms with Gasteiger partial charge in [0.15, 0.2) is 0 Å². The van der Waals surface area contributed by atoms with Crippen LogP contribution in [0.4, 0.5) is 0 Å². The Balaban J connectivity index is 1.29. The number of benzene rings is 6. The smallest absolute Gasteiger partial charge is 0.0489 e. The lowest BCUT2D eigenvalue weighted by atomic mass is 9.98. The van der Waals surface area contributed by atoms with Crippen molar-refractivity contribution in [3.05, 3.63) is 132 Å². The zero-order chi connectivity index (χ0) is 28.5. The molecule has 0 aliphatic heterocycles. The lowest BCUT2D eigenvalue weighted by Crippen LogP contribution is -1.87. The average Bonchev–Trinajstić information content (AvgIpc) is 3.47. The van der Waals surface area contributed by atoms with Crippen LogP contribution in [0.2, 0.25) is 0 Å². The van der Waals surface area contributed by atoms with Crippen LogP contribution < -0.4 is 0 Å². The van der Waals surface area contributed by atoms with Crippen LogP contribution in [0.15, 0.2) is 121 Å². The van der Waals surface area contributed by atoms with Gasteiger partial charge in [-0.15, -0.1) is 0 Å². The fourth-order valence-corrected chi connectivity index (χ4v) is 6.65. The van der Waals surface area contributed by atoms with Crippen molar-refractivity contribution < 1.29 is 0 Å². The highest BCUT2D eigenvalue weighted by Gasteiger charge is 2.14. The largest absolute Gasteiger partial charge is 0.344 e. The lowest BCUT2D eigenvalue weighted by Gasteiger charge is -2.05. The molecule has 0 radical (unpaired) electrons. The monoisotopic (exact) mass is 540 g/mol. The Kier molecular flexibility index (Phi) is 5.42. The molecule has 0 aliphatic rings. The zero-order valence-corrected chi connectivity index (χ0v) is 24.4. The van der Waals surface area contributed by atoms with Gasteiger partial charge < -0.3 is 9.13 Å². The van der Waals surface area contributed by atoms with E-state index in [9.17, 15) is 0 Å². The standard InChI is InChI=1S/C40H32N2/c1-25-5-9-27(10-6-25)29-13-17-37-33(21-29)35-23-31(15-19-39(35)41(37)3)32-16-20-40-36(24-32)34-22-30(14-18-38(34)42(40)4)28-11-7-26(2)8-12-28/h5-24H,1-4H3. The van der Waals surface area contributed by atoms with Crippen LogP contribution in [0.25, 0.3) is 77.0 Å². The third-order valence-electron chi connectivity index (χ3n) is 9.12. The third kappa shape index (κ3) is 3.79. The summed E-state index contributed by atoms with van der Waals surface area (Å²) < 4.78 is 4.63. The van der Waals surface area contributed by atoms with E-state index >= 15 is 0 Å². The van der Waals surface area contributed by atoms with Crippen molar-refractivity contribution in [2.45, 2.75) is 13.8 Å². The van der Waals surface area contributed by atoms with Gasteiger partial charge in [0.25, 0.3) is 0 Å². The van der Waals surface area contributed by atoms with Crippen LogP contribution in [0.3, 0.4) is 0 Å². The summed E-state index contributed by atoms with van der Waals surface area (Å²) in [5, 5.41) is 5.17. The van der Waals surface area contributed by atoms with E-state index in [4.69, 9.17) is 0 Å². The molecule has 0 saturated carbocycles. The van der Waals surface area contributed by atoms with Crippen LogP contribution >= 0.6 is 0 Å². The molecule has 2 aromatic heterocycles. The minimum Gasteiger partial charge on any atom is -0.344 e.